The molecule has 74 valence electrons. The zero-order valence-electron chi connectivity index (χ0n) is 6.69. The van der Waals surface area contributed by atoms with E-state index in [1.165, 1.54) is 12.1 Å². The monoisotopic (exact) mass is 236 g/mol. The average Bonchev–Trinajstić information content (AvgIpc) is 2.48. The second kappa shape index (κ2) is 3.37. The van der Waals surface area contributed by atoms with Gasteiger partial charge in [-0.25, -0.2) is 8.78 Å². The zero-order valence-corrected chi connectivity index (χ0v) is 8.20. The van der Waals surface area contributed by atoms with Crippen LogP contribution in [-0.4, -0.2) is 10.2 Å². The van der Waals surface area contributed by atoms with E-state index in [0.29, 0.717) is 15.9 Å². The fraction of sp³-hybridized carbons (Fsp3) is 0.125. The third-order valence-corrected chi connectivity index (χ3v) is 2.57. The lowest BCUT2D eigenvalue weighted by atomic mass is 10.2. The van der Waals surface area contributed by atoms with Gasteiger partial charge in [-0.05, 0) is 12.1 Å². The van der Waals surface area contributed by atoms with Crippen LogP contribution in [0, 0.1) is 0 Å². The fourth-order valence-corrected chi connectivity index (χ4v) is 1.51. The van der Waals surface area contributed by atoms with Gasteiger partial charge in [0.15, 0.2) is 0 Å². The summed E-state index contributed by atoms with van der Waals surface area (Å²) in [7, 11) is 0. The molecule has 0 amide bonds. The molecule has 0 atom stereocenters. The Morgan fingerprint density at radius 1 is 1.21 bits per heavy atom. The summed E-state index contributed by atoms with van der Waals surface area (Å²) in [6, 6.07) is 2.83. The Hall–Kier alpha value is -0.870. The van der Waals surface area contributed by atoms with Crippen molar-refractivity contribution in [1.29, 1.82) is 0 Å². The number of hydrogen-bond donors (Lipinski definition) is 1. The molecule has 0 aliphatic carbocycles. The van der Waals surface area contributed by atoms with E-state index in [0.717, 1.165) is 0 Å². The lowest BCUT2D eigenvalue weighted by Crippen LogP contribution is -1.84. The van der Waals surface area contributed by atoms with E-state index in [9.17, 15) is 8.78 Å². The van der Waals surface area contributed by atoms with E-state index >= 15 is 0 Å². The number of aromatic nitrogens is 2. The highest BCUT2D eigenvalue weighted by Gasteiger charge is 2.15. The number of aromatic amines is 1. The van der Waals surface area contributed by atoms with Gasteiger partial charge in [0.05, 0.1) is 15.6 Å². The molecule has 2 aromatic rings. The van der Waals surface area contributed by atoms with Gasteiger partial charge in [-0.2, -0.15) is 5.10 Å². The molecule has 0 saturated carbocycles. The topological polar surface area (TPSA) is 28.7 Å². The summed E-state index contributed by atoms with van der Waals surface area (Å²) in [6.07, 6.45) is -2.60. The summed E-state index contributed by atoms with van der Waals surface area (Å²) in [5, 5.41) is 6.78. The maximum Gasteiger partial charge on any atom is 0.280 e. The molecule has 0 radical (unpaired) electrons. The molecule has 1 aromatic heterocycles. The first-order valence-electron chi connectivity index (χ1n) is 3.70. The normalized spacial score (nSPS) is 11.5. The van der Waals surface area contributed by atoms with Crippen LogP contribution in [0.4, 0.5) is 8.78 Å². The second-order valence-electron chi connectivity index (χ2n) is 2.72. The fourth-order valence-electron chi connectivity index (χ4n) is 1.19. The Balaban J connectivity index is 2.74. The first kappa shape index (κ1) is 9.68. The van der Waals surface area contributed by atoms with Gasteiger partial charge in [-0.15, -0.1) is 0 Å². The molecule has 2 rings (SSSR count). The minimum Gasteiger partial charge on any atom is -0.276 e. The van der Waals surface area contributed by atoms with Crippen molar-refractivity contribution < 1.29 is 8.78 Å². The summed E-state index contributed by atoms with van der Waals surface area (Å²) < 4.78 is 24.8. The summed E-state index contributed by atoms with van der Waals surface area (Å²) >= 11 is 11.4. The summed E-state index contributed by atoms with van der Waals surface area (Å²) in [4.78, 5) is 0. The van der Waals surface area contributed by atoms with E-state index in [1.807, 2.05) is 0 Å². The maximum atomic E-state index is 12.4. The Bertz CT molecular complexity index is 481. The van der Waals surface area contributed by atoms with Crippen molar-refractivity contribution >= 4 is 34.1 Å². The SMILES string of the molecule is FC(F)c1[nH]nc2cc(Cl)c(Cl)cc12. The molecule has 0 saturated heterocycles. The molecule has 14 heavy (non-hydrogen) atoms. The third kappa shape index (κ3) is 1.44. The van der Waals surface area contributed by atoms with Crippen molar-refractivity contribution in [1.82, 2.24) is 10.2 Å². The van der Waals surface area contributed by atoms with E-state index < -0.39 is 6.43 Å². The molecule has 0 spiro atoms. The second-order valence-corrected chi connectivity index (χ2v) is 3.54. The van der Waals surface area contributed by atoms with Crippen molar-refractivity contribution in [3.8, 4) is 0 Å². The van der Waals surface area contributed by atoms with Crippen molar-refractivity contribution in [3.05, 3.63) is 27.9 Å². The highest BCUT2D eigenvalue weighted by molar-refractivity contribution is 6.42. The highest BCUT2D eigenvalue weighted by atomic mass is 35.5. The molecule has 0 unspecified atom stereocenters. The van der Waals surface area contributed by atoms with Crippen LogP contribution in [0.2, 0.25) is 10.0 Å². The standard InChI is InChI=1S/C8H4Cl2F2N2/c9-4-1-3-6(2-5(4)10)13-14-7(3)8(11)12/h1-2,8H,(H,13,14). The first-order chi connectivity index (χ1) is 6.59. The number of fused-ring (bicyclic) bond motifs is 1. The van der Waals surface area contributed by atoms with Crippen molar-refractivity contribution in [2.45, 2.75) is 6.43 Å². The van der Waals surface area contributed by atoms with Crippen LogP contribution < -0.4 is 0 Å². The predicted octanol–water partition coefficient (Wildman–Crippen LogP) is 3.81. The maximum absolute atomic E-state index is 12.4. The Morgan fingerprint density at radius 2 is 1.86 bits per heavy atom. The van der Waals surface area contributed by atoms with Crippen LogP contribution in [0.25, 0.3) is 10.9 Å². The van der Waals surface area contributed by atoms with Crippen molar-refractivity contribution in [2.24, 2.45) is 0 Å². The van der Waals surface area contributed by atoms with Gasteiger partial charge >= 0.3 is 0 Å². The zero-order chi connectivity index (χ0) is 10.3. The highest BCUT2D eigenvalue weighted by Crippen LogP contribution is 2.31. The number of nitrogens with zero attached hydrogens (tertiary/aromatic N) is 1. The first-order valence-corrected chi connectivity index (χ1v) is 4.46. The number of benzene rings is 1. The number of hydrogen-bond acceptors (Lipinski definition) is 1. The largest absolute Gasteiger partial charge is 0.280 e. The smallest absolute Gasteiger partial charge is 0.276 e. The van der Waals surface area contributed by atoms with E-state index in [-0.39, 0.29) is 10.7 Å². The summed E-state index contributed by atoms with van der Waals surface area (Å²) in [6.45, 7) is 0. The molecule has 0 aliphatic rings. The molecule has 0 fully saturated rings. The minimum absolute atomic E-state index is 0.237. The molecule has 1 heterocycles. The molecule has 0 aliphatic heterocycles. The van der Waals surface area contributed by atoms with E-state index in [4.69, 9.17) is 23.2 Å². The summed E-state index contributed by atoms with van der Waals surface area (Å²) in [5.74, 6) is 0. The van der Waals surface area contributed by atoms with Crippen LogP contribution in [0.15, 0.2) is 12.1 Å². The number of halogens is 4. The van der Waals surface area contributed by atoms with Gasteiger partial charge in [0.2, 0.25) is 0 Å². The average molecular weight is 237 g/mol. The van der Waals surface area contributed by atoms with Gasteiger partial charge in [0, 0.05) is 5.39 Å². The van der Waals surface area contributed by atoms with Gasteiger partial charge in [0.1, 0.15) is 5.69 Å². The van der Waals surface area contributed by atoms with Crippen LogP contribution in [0.1, 0.15) is 12.1 Å². The third-order valence-electron chi connectivity index (χ3n) is 1.84. The van der Waals surface area contributed by atoms with Crippen LogP contribution >= 0.6 is 23.2 Å². The molecule has 2 nitrogen and oxygen atoms in total. The number of rotatable bonds is 1. The van der Waals surface area contributed by atoms with E-state index in [1.54, 1.807) is 0 Å². The molecular formula is C8H4Cl2F2N2. The van der Waals surface area contributed by atoms with Gasteiger partial charge < -0.3 is 0 Å². The lowest BCUT2D eigenvalue weighted by molar-refractivity contribution is 0.147. The van der Waals surface area contributed by atoms with Crippen molar-refractivity contribution in [2.75, 3.05) is 0 Å². The van der Waals surface area contributed by atoms with Gasteiger partial charge in [0.25, 0.3) is 6.43 Å². The van der Waals surface area contributed by atoms with Crippen LogP contribution in [0.3, 0.4) is 0 Å². The molecule has 1 N–H and O–H groups in total. The van der Waals surface area contributed by atoms with E-state index in [2.05, 4.69) is 10.2 Å². The summed E-state index contributed by atoms with van der Waals surface area (Å²) in [5.41, 5.74) is 0.147. The number of nitrogens with one attached hydrogen (secondary N) is 1. The Morgan fingerprint density at radius 3 is 2.50 bits per heavy atom. The Labute approximate surface area is 87.8 Å². The van der Waals surface area contributed by atoms with Crippen LogP contribution in [0.5, 0.6) is 0 Å². The minimum atomic E-state index is -2.60. The Kier molecular flexibility index (Phi) is 2.33. The molecular weight excluding hydrogens is 233 g/mol. The number of alkyl halides is 2. The lowest BCUT2D eigenvalue weighted by Gasteiger charge is -1.97. The van der Waals surface area contributed by atoms with Crippen molar-refractivity contribution in [3.63, 3.8) is 0 Å². The van der Waals surface area contributed by atoms with Gasteiger partial charge in [-0.1, -0.05) is 23.2 Å². The van der Waals surface area contributed by atoms with Gasteiger partial charge in [-0.3, -0.25) is 5.10 Å². The number of H-pyrrole nitrogens is 1. The molecule has 6 heteroatoms. The molecule has 0 bridgehead atoms. The predicted molar refractivity (Wildman–Crippen MR) is 51.1 cm³/mol. The van der Waals surface area contributed by atoms with Crippen LogP contribution in [-0.2, 0) is 0 Å². The quantitative estimate of drug-likeness (QED) is 0.802. The molecule has 1 aromatic carbocycles.